The van der Waals surface area contributed by atoms with E-state index in [4.69, 9.17) is 5.26 Å². The molecular formula is C21H17N3O4S. The number of benzene rings is 3. The van der Waals surface area contributed by atoms with E-state index >= 15 is 0 Å². The van der Waals surface area contributed by atoms with Crippen molar-refractivity contribution in [3.63, 3.8) is 0 Å². The molecule has 0 saturated heterocycles. The number of anilines is 1. The van der Waals surface area contributed by atoms with Crippen molar-refractivity contribution in [2.24, 2.45) is 0 Å². The van der Waals surface area contributed by atoms with Gasteiger partial charge in [-0.05, 0) is 42.0 Å². The maximum atomic E-state index is 12.7. The molecule has 0 N–H and O–H groups in total. The minimum atomic E-state index is -3.57. The Morgan fingerprint density at radius 3 is 2.21 bits per heavy atom. The van der Waals surface area contributed by atoms with Gasteiger partial charge in [0.25, 0.3) is 5.69 Å². The smallest absolute Gasteiger partial charge is 0.287 e. The van der Waals surface area contributed by atoms with E-state index in [-0.39, 0.29) is 21.0 Å². The van der Waals surface area contributed by atoms with Crippen LogP contribution >= 0.6 is 0 Å². The van der Waals surface area contributed by atoms with Gasteiger partial charge in [0.1, 0.15) is 11.6 Å². The molecule has 29 heavy (non-hydrogen) atoms. The Morgan fingerprint density at radius 2 is 1.62 bits per heavy atom. The monoisotopic (exact) mass is 407 g/mol. The van der Waals surface area contributed by atoms with Gasteiger partial charge in [-0.25, -0.2) is 8.42 Å². The van der Waals surface area contributed by atoms with E-state index in [1.54, 1.807) is 67.7 Å². The molecule has 0 saturated carbocycles. The molecule has 0 aliphatic heterocycles. The minimum Gasteiger partial charge on any atom is -0.370 e. The van der Waals surface area contributed by atoms with Crippen molar-refractivity contribution in [2.75, 3.05) is 11.9 Å². The van der Waals surface area contributed by atoms with Crippen LogP contribution in [0.15, 0.2) is 82.6 Å². The van der Waals surface area contributed by atoms with E-state index in [0.717, 1.165) is 5.56 Å². The predicted molar refractivity (Wildman–Crippen MR) is 108 cm³/mol. The zero-order valence-corrected chi connectivity index (χ0v) is 16.3. The molecule has 7 nitrogen and oxygen atoms in total. The third-order valence-corrected chi connectivity index (χ3v) is 6.23. The van der Waals surface area contributed by atoms with Crippen LogP contribution in [0.4, 0.5) is 11.4 Å². The number of nitrogens with zero attached hydrogens (tertiary/aromatic N) is 3. The summed E-state index contributed by atoms with van der Waals surface area (Å²) in [4.78, 5) is 12.6. The third-order valence-electron chi connectivity index (χ3n) is 4.44. The zero-order valence-electron chi connectivity index (χ0n) is 15.5. The van der Waals surface area contributed by atoms with Gasteiger partial charge in [0.05, 0.1) is 14.7 Å². The Hall–Kier alpha value is -3.70. The van der Waals surface area contributed by atoms with Crippen LogP contribution in [-0.2, 0) is 16.4 Å². The number of nitro groups is 1. The average molecular weight is 407 g/mol. The number of rotatable bonds is 6. The molecule has 8 heteroatoms. The maximum Gasteiger partial charge on any atom is 0.287 e. The molecule has 3 aromatic rings. The Kier molecular flexibility index (Phi) is 5.61. The second-order valence-electron chi connectivity index (χ2n) is 6.39. The van der Waals surface area contributed by atoms with Gasteiger partial charge in [-0.3, -0.25) is 10.1 Å². The van der Waals surface area contributed by atoms with E-state index in [1.165, 1.54) is 12.1 Å². The number of sulfone groups is 1. The summed E-state index contributed by atoms with van der Waals surface area (Å²) in [5.41, 5.74) is 1.26. The number of hydrogen-bond donors (Lipinski definition) is 0. The summed E-state index contributed by atoms with van der Waals surface area (Å²) in [6, 6.07) is 21.0. The highest BCUT2D eigenvalue weighted by Gasteiger charge is 2.18. The Morgan fingerprint density at radius 1 is 1.00 bits per heavy atom. The number of nitriles is 1. The van der Waals surface area contributed by atoms with Crippen molar-refractivity contribution in [2.45, 2.75) is 16.3 Å². The van der Waals surface area contributed by atoms with Crippen LogP contribution in [0.5, 0.6) is 0 Å². The first-order chi connectivity index (χ1) is 13.8. The molecule has 0 fully saturated rings. The Labute approximate surface area is 168 Å². The standard InChI is InChI=1S/C21H17N3O4S/c1-23(18-9-12-21(24(25)26)17(13-18)14-22)15-16-7-10-20(11-8-16)29(27,28)19-5-3-2-4-6-19/h2-13H,15H2,1H3. The maximum absolute atomic E-state index is 12.7. The second-order valence-corrected chi connectivity index (χ2v) is 8.34. The molecule has 0 aliphatic carbocycles. The van der Waals surface area contributed by atoms with Gasteiger partial charge >= 0.3 is 0 Å². The summed E-state index contributed by atoms with van der Waals surface area (Å²) in [6.45, 7) is 0.439. The van der Waals surface area contributed by atoms with Crippen LogP contribution in [0.3, 0.4) is 0 Å². The minimum absolute atomic E-state index is 0.0105. The van der Waals surface area contributed by atoms with E-state index in [9.17, 15) is 18.5 Å². The number of hydrogen-bond acceptors (Lipinski definition) is 6. The first kappa shape index (κ1) is 20.0. The van der Waals surface area contributed by atoms with E-state index in [2.05, 4.69) is 0 Å². The number of nitro benzene ring substituents is 1. The van der Waals surface area contributed by atoms with E-state index in [1.807, 2.05) is 11.0 Å². The van der Waals surface area contributed by atoms with Gasteiger partial charge in [0.2, 0.25) is 9.84 Å². The lowest BCUT2D eigenvalue weighted by Crippen LogP contribution is -2.16. The third kappa shape index (κ3) is 4.25. The van der Waals surface area contributed by atoms with Crippen LogP contribution in [-0.4, -0.2) is 20.4 Å². The molecule has 0 aliphatic rings. The summed E-state index contributed by atoms with van der Waals surface area (Å²) in [5, 5.41) is 20.1. The van der Waals surface area contributed by atoms with E-state index < -0.39 is 14.8 Å². The van der Waals surface area contributed by atoms with Gasteiger partial charge in [-0.15, -0.1) is 0 Å². The molecule has 0 unspecified atom stereocenters. The van der Waals surface area contributed by atoms with Crippen molar-refractivity contribution in [3.05, 3.63) is 94.0 Å². The zero-order chi connectivity index (χ0) is 21.0. The molecule has 146 valence electrons. The van der Waals surface area contributed by atoms with Gasteiger partial charge in [0, 0.05) is 25.3 Å². The lowest BCUT2D eigenvalue weighted by Gasteiger charge is -2.19. The first-order valence-electron chi connectivity index (χ1n) is 8.61. The van der Waals surface area contributed by atoms with Crippen molar-refractivity contribution in [1.82, 2.24) is 0 Å². The molecule has 0 amide bonds. The van der Waals surface area contributed by atoms with Crippen molar-refractivity contribution in [3.8, 4) is 6.07 Å². The summed E-state index contributed by atoms with van der Waals surface area (Å²) < 4.78 is 25.3. The summed E-state index contributed by atoms with van der Waals surface area (Å²) in [7, 11) is -1.78. The fraction of sp³-hybridized carbons (Fsp3) is 0.0952. The van der Waals surface area contributed by atoms with Crippen molar-refractivity contribution >= 4 is 21.2 Å². The molecule has 0 atom stereocenters. The predicted octanol–water partition coefficient (Wildman–Crippen LogP) is 3.94. The highest BCUT2D eigenvalue weighted by atomic mass is 32.2. The quantitative estimate of drug-likeness (QED) is 0.453. The van der Waals surface area contributed by atoms with Gasteiger partial charge in [-0.2, -0.15) is 5.26 Å². The normalized spacial score (nSPS) is 10.9. The highest BCUT2D eigenvalue weighted by molar-refractivity contribution is 7.91. The van der Waals surface area contributed by atoms with Gasteiger partial charge in [-0.1, -0.05) is 30.3 Å². The largest absolute Gasteiger partial charge is 0.370 e. The highest BCUT2D eigenvalue weighted by Crippen LogP contribution is 2.25. The van der Waals surface area contributed by atoms with Crippen LogP contribution in [0, 0.1) is 21.4 Å². The Balaban J connectivity index is 1.80. The van der Waals surface area contributed by atoms with Crippen LogP contribution in [0.1, 0.15) is 11.1 Å². The second kappa shape index (κ2) is 8.12. The average Bonchev–Trinajstić information content (AvgIpc) is 2.74. The lowest BCUT2D eigenvalue weighted by molar-refractivity contribution is -0.385. The van der Waals surface area contributed by atoms with E-state index in [0.29, 0.717) is 12.2 Å². The summed E-state index contributed by atoms with van der Waals surface area (Å²) in [5.74, 6) is 0. The SMILES string of the molecule is CN(Cc1ccc(S(=O)(=O)c2ccccc2)cc1)c1ccc([N+](=O)[O-])c(C#N)c1. The topological polar surface area (TPSA) is 104 Å². The fourth-order valence-electron chi connectivity index (χ4n) is 2.89. The lowest BCUT2D eigenvalue weighted by atomic mass is 10.1. The molecule has 0 heterocycles. The van der Waals surface area contributed by atoms with Crippen LogP contribution in [0.2, 0.25) is 0 Å². The van der Waals surface area contributed by atoms with Gasteiger partial charge in [0.15, 0.2) is 0 Å². The van der Waals surface area contributed by atoms with Crippen LogP contribution in [0.25, 0.3) is 0 Å². The molecule has 0 radical (unpaired) electrons. The molecule has 3 aromatic carbocycles. The first-order valence-corrected chi connectivity index (χ1v) is 10.1. The van der Waals surface area contributed by atoms with Crippen LogP contribution < -0.4 is 4.90 Å². The summed E-state index contributed by atoms with van der Waals surface area (Å²) in [6.07, 6.45) is 0. The molecule has 0 spiro atoms. The molecular weight excluding hydrogens is 390 g/mol. The fourth-order valence-corrected chi connectivity index (χ4v) is 4.17. The molecule has 0 bridgehead atoms. The molecule has 0 aromatic heterocycles. The molecule has 3 rings (SSSR count). The van der Waals surface area contributed by atoms with Crippen molar-refractivity contribution in [1.29, 1.82) is 5.26 Å². The Bertz CT molecular complexity index is 1180. The van der Waals surface area contributed by atoms with Gasteiger partial charge < -0.3 is 4.90 Å². The van der Waals surface area contributed by atoms with Crippen molar-refractivity contribution < 1.29 is 13.3 Å². The summed E-state index contributed by atoms with van der Waals surface area (Å²) >= 11 is 0.